The van der Waals surface area contributed by atoms with Crippen molar-refractivity contribution in [3.05, 3.63) is 0 Å². The van der Waals surface area contributed by atoms with Gasteiger partial charge in [0.25, 0.3) is 0 Å². The molecular formula is C12H22N2O. The van der Waals surface area contributed by atoms with Gasteiger partial charge >= 0.3 is 0 Å². The Labute approximate surface area is 92.0 Å². The summed E-state index contributed by atoms with van der Waals surface area (Å²) >= 11 is 0. The van der Waals surface area contributed by atoms with Crippen LogP contribution in [0.2, 0.25) is 0 Å². The number of amides is 1. The summed E-state index contributed by atoms with van der Waals surface area (Å²) in [4.78, 5) is 14.3. The van der Waals surface area contributed by atoms with Crippen LogP contribution >= 0.6 is 0 Å². The molecule has 3 nitrogen and oxygen atoms in total. The fraction of sp³-hybridized carbons (Fsp3) is 0.917. The molecule has 2 rings (SSSR count). The Hall–Kier alpha value is -0.570. The van der Waals surface area contributed by atoms with E-state index in [1.54, 1.807) is 0 Å². The molecule has 1 heterocycles. The van der Waals surface area contributed by atoms with Gasteiger partial charge in [0.1, 0.15) is 0 Å². The number of hydrogen-bond donors (Lipinski definition) is 1. The summed E-state index contributed by atoms with van der Waals surface area (Å²) in [6.07, 6.45) is 4.53. The number of hydrogen-bond acceptors (Lipinski definition) is 2. The highest BCUT2D eigenvalue weighted by atomic mass is 16.2. The lowest BCUT2D eigenvalue weighted by Gasteiger charge is -2.40. The summed E-state index contributed by atoms with van der Waals surface area (Å²) < 4.78 is 0. The molecule has 1 saturated carbocycles. The summed E-state index contributed by atoms with van der Waals surface area (Å²) in [5.74, 6) is 1.27. The van der Waals surface area contributed by atoms with Gasteiger partial charge < -0.3 is 10.6 Å². The largest absolute Gasteiger partial charge is 0.335 e. The minimum absolute atomic E-state index is 0.300. The van der Waals surface area contributed by atoms with Gasteiger partial charge in [0.2, 0.25) is 5.91 Å². The van der Waals surface area contributed by atoms with E-state index in [9.17, 15) is 4.79 Å². The van der Waals surface area contributed by atoms with Crippen LogP contribution in [0.4, 0.5) is 0 Å². The van der Waals surface area contributed by atoms with Crippen molar-refractivity contribution in [3.8, 4) is 0 Å². The molecule has 0 aromatic rings. The van der Waals surface area contributed by atoms with Crippen LogP contribution in [0, 0.1) is 11.8 Å². The first-order chi connectivity index (χ1) is 7.15. The molecule has 4 unspecified atom stereocenters. The maximum absolute atomic E-state index is 12.2. The lowest BCUT2D eigenvalue weighted by atomic mass is 9.95. The minimum atomic E-state index is 0.300. The van der Waals surface area contributed by atoms with Gasteiger partial charge in [-0.1, -0.05) is 6.92 Å². The van der Waals surface area contributed by atoms with Crippen LogP contribution < -0.4 is 5.73 Å². The average Bonchev–Trinajstić information content (AvgIpc) is 2.94. The average molecular weight is 210 g/mol. The SMILES string of the molecule is CC1CC1C(=O)N1C(C)CCCC1CN. The third kappa shape index (κ3) is 2.03. The molecule has 0 spiro atoms. The normalized spacial score (nSPS) is 40.3. The van der Waals surface area contributed by atoms with Crippen molar-refractivity contribution in [2.75, 3.05) is 6.54 Å². The van der Waals surface area contributed by atoms with Crippen molar-refractivity contribution >= 4 is 5.91 Å². The van der Waals surface area contributed by atoms with E-state index < -0.39 is 0 Å². The van der Waals surface area contributed by atoms with Crippen LogP contribution in [0.5, 0.6) is 0 Å². The second-order valence-electron chi connectivity index (χ2n) is 5.23. The first-order valence-corrected chi connectivity index (χ1v) is 6.17. The zero-order valence-electron chi connectivity index (χ0n) is 9.78. The Morgan fingerprint density at radius 2 is 2.07 bits per heavy atom. The van der Waals surface area contributed by atoms with E-state index in [-0.39, 0.29) is 0 Å². The second-order valence-corrected chi connectivity index (χ2v) is 5.23. The third-order valence-electron chi connectivity index (χ3n) is 3.98. The first kappa shape index (κ1) is 10.9. The fourth-order valence-electron chi connectivity index (χ4n) is 2.77. The summed E-state index contributed by atoms with van der Waals surface area (Å²) in [7, 11) is 0. The summed E-state index contributed by atoms with van der Waals surface area (Å²) in [5.41, 5.74) is 5.75. The van der Waals surface area contributed by atoms with Crippen LogP contribution in [0.3, 0.4) is 0 Å². The second kappa shape index (κ2) is 4.12. The van der Waals surface area contributed by atoms with Crippen LogP contribution in [0.15, 0.2) is 0 Å². The van der Waals surface area contributed by atoms with Crippen LogP contribution in [0.25, 0.3) is 0 Å². The van der Waals surface area contributed by atoms with Crippen molar-refractivity contribution in [3.63, 3.8) is 0 Å². The topological polar surface area (TPSA) is 46.3 Å². The summed E-state index contributed by atoms with van der Waals surface area (Å²) in [5, 5.41) is 0. The van der Waals surface area contributed by atoms with E-state index in [0.717, 1.165) is 19.3 Å². The zero-order valence-corrected chi connectivity index (χ0v) is 9.78. The fourth-order valence-corrected chi connectivity index (χ4v) is 2.77. The number of nitrogens with zero attached hydrogens (tertiary/aromatic N) is 1. The highest BCUT2D eigenvalue weighted by Crippen LogP contribution is 2.41. The smallest absolute Gasteiger partial charge is 0.226 e. The molecule has 4 atom stereocenters. The van der Waals surface area contributed by atoms with E-state index in [4.69, 9.17) is 5.73 Å². The van der Waals surface area contributed by atoms with Crippen molar-refractivity contribution in [2.45, 2.75) is 51.6 Å². The van der Waals surface area contributed by atoms with Gasteiger partial charge in [-0.3, -0.25) is 4.79 Å². The van der Waals surface area contributed by atoms with Crippen LogP contribution in [0.1, 0.15) is 39.5 Å². The molecule has 1 aliphatic carbocycles. The lowest BCUT2D eigenvalue weighted by molar-refractivity contribution is -0.139. The van der Waals surface area contributed by atoms with E-state index in [1.165, 1.54) is 6.42 Å². The Balaban J connectivity index is 2.05. The molecule has 15 heavy (non-hydrogen) atoms. The highest BCUT2D eigenvalue weighted by Gasteiger charge is 2.44. The van der Waals surface area contributed by atoms with Gasteiger partial charge in [-0.15, -0.1) is 0 Å². The van der Waals surface area contributed by atoms with Gasteiger partial charge in [-0.25, -0.2) is 0 Å². The Kier molecular flexibility index (Phi) is 3.01. The summed E-state index contributed by atoms with van der Waals surface area (Å²) in [6, 6.07) is 0.696. The van der Waals surface area contributed by atoms with Gasteiger partial charge in [0, 0.05) is 24.5 Å². The number of likely N-dealkylation sites (tertiary alicyclic amines) is 1. The number of rotatable bonds is 2. The zero-order chi connectivity index (χ0) is 11.0. The van der Waals surface area contributed by atoms with Crippen molar-refractivity contribution in [1.82, 2.24) is 4.90 Å². The van der Waals surface area contributed by atoms with Gasteiger partial charge in [-0.2, -0.15) is 0 Å². The maximum atomic E-state index is 12.2. The van der Waals surface area contributed by atoms with Gasteiger partial charge in [0.15, 0.2) is 0 Å². The van der Waals surface area contributed by atoms with Gasteiger partial charge in [-0.05, 0) is 38.5 Å². The molecule has 1 amide bonds. The Bertz CT molecular complexity index is 254. The number of piperidine rings is 1. The predicted octanol–water partition coefficient (Wildman–Crippen LogP) is 1.37. The highest BCUT2D eigenvalue weighted by molar-refractivity contribution is 5.82. The van der Waals surface area contributed by atoms with Crippen molar-refractivity contribution in [1.29, 1.82) is 0 Å². The molecule has 1 aliphatic heterocycles. The monoisotopic (exact) mass is 210 g/mol. The molecular weight excluding hydrogens is 188 g/mol. The number of carbonyl (C=O) groups is 1. The molecule has 0 bridgehead atoms. The molecule has 0 aromatic heterocycles. The Morgan fingerprint density at radius 3 is 2.60 bits per heavy atom. The summed E-state index contributed by atoms with van der Waals surface area (Å²) in [6.45, 7) is 4.94. The third-order valence-corrected chi connectivity index (χ3v) is 3.98. The van der Waals surface area contributed by atoms with Gasteiger partial charge in [0.05, 0.1) is 0 Å². The molecule has 2 N–H and O–H groups in total. The van der Waals surface area contributed by atoms with E-state index in [0.29, 0.717) is 36.4 Å². The first-order valence-electron chi connectivity index (χ1n) is 6.17. The van der Waals surface area contributed by atoms with Crippen molar-refractivity contribution < 1.29 is 4.79 Å². The maximum Gasteiger partial charge on any atom is 0.226 e. The van der Waals surface area contributed by atoms with Crippen LogP contribution in [-0.2, 0) is 4.79 Å². The van der Waals surface area contributed by atoms with Crippen LogP contribution in [-0.4, -0.2) is 29.4 Å². The van der Waals surface area contributed by atoms with E-state index >= 15 is 0 Å². The van der Waals surface area contributed by atoms with E-state index in [2.05, 4.69) is 18.7 Å². The molecule has 1 saturated heterocycles. The lowest BCUT2D eigenvalue weighted by Crippen LogP contribution is -2.52. The standard InChI is InChI=1S/C12H22N2O/c1-8-6-11(8)12(15)14-9(2)4-3-5-10(14)7-13/h8-11H,3-7,13H2,1-2H3. The number of nitrogens with two attached hydrogens (primary N) is 1. The number of carbonyl (C=O) groups excluding carboxylic acids is 1. The van der Waals surface area contributed by atoms with E-state index in [1.807, 2.05) is 0 Å². The molecule has 2 fully saturated rings. The van der Waals surface area contributed by atoms with Crippen molar-refractivity contribution in [2.24, 2.45) is 17.6 Å². The predicted molar refractivity (Wildman–Crippen MR) is 60.3 cm³/mol. The molecule has 86 valence electrons. The quantitative estimate of drug-likeness (QED) is 0.748. The molecule has 0 aromatic carbocycles. The minimum Gasteiger partial charge on any atom is -0.335 e. The molecule has 0 radical (unpaired) electrons. The Morgan fingerprint density at radius 1 is 1.40 bits per heavy atom. The molecule has 3 heteroatoms. The molecule has 2 aliphatic rings.